The van der Waals surface area contributed by atoms with Crippen LogP contribution in [-0.2, 0) is 14.3 Å². The van der Waals surface area contributed by atoms with Gasteiger partial charge in [-0.2, -0.15) is 0 Å². The number of hydrogen-bond acceptors (Lipinski definition) is 5. The van der Waals surface area contributed by atoms with Crippen molar-refractivity contribution < 1.29 is 19.1 Å². The molecule has 0 heterocycles. The minimum Gasteiger partial charge on any atom is -0.382 e. The molecule has 0 saturated heterocycles. The summed E-state index contributed by atoms with van der Waals surface area (Å²) in [7, 11) is 3.11. The summed E-state index contributed by atoms with van der Waals surface area (Å²) in [6.07, 6.45) is -0.128. The van der Waals surface area contributed by atoms with Gasteiger partial charge in [-0.1, -0.05) is 0 Å². The molecule has 0 aromatic rings. The van der Waals surface area contributed by atoms with Crippen LogP contribution in [0.2, 0.25) is 0 Å². The number of primary amides is 1. The lowest BCUT2D eigenvalue weighted by molar-refractivity contribution is -0.119. The molecule has 0 radical (unpaired) electrons. The number of ether oxygens (including phenoxy) is 2. The van der Waals surface area contributed by atoms with E-state index in [2.05, 4.69) is 5.32 Å². The SMILES string of the molecule is COCC(CNCC(=O)NC(N)=O)OC. The Labute approximate surface area is 88.3 Å². The Hall–Kier alpha value is -1.18. The molecule has 15 heavy (non-hydrogen) atoms. The predicted molar refractivity (Wildman–Crippen MR) is 53.3 cm³/mol. The number of amides is 3. The van der Waals surface area contributed by atoms with Gasteiger partial charge in [-0.05, 0) is 0 Å². The fraction of sp³-hybridized carbons (Fsp3) is 0.750. The lowest BCUT2D eigenvalue weighted by atomic mass is 10.3. The van der Waals surface area contributed by atoms with Crippen molar-refractivity contribution in [3.8, 4) is 0 Å². The molecule has 0 aliphatic rings. The van der Waals surface area contributed by atoms with Crippen LogP contribution in [-0.4, -0.2) is 52.0 Å². The maximum atomic E-state index is 10.9. The average Bonchev–Trinajstić information content (AvgIpc) is 2.15. The molecule has 0 aromatic heterocycles. The van der Waals surface area contributed by atoms with Gasteiger partial charge < -0.3 is 20.5 Å². The van der Waals surface area contributed by atoms with Crippen LogP contribution in [0.3, 0.4) is 0 Å². The van der Waals surface area contributed by atoms with Gasteiger partial charge in [0.05, 0.1) is 19.3 Å². The van der Waals surface area contributed by atoms with Gasteiger partial charge >= 0.3 is 6.03 Å². The van der Waals surface area contributed by atoms with Crippen LogP contribution in [0.25, 0.3) is 0 Å². The Morgan fingerprint density at radius 1 is 1.40 bits per heavy atom. The van der Waals surface area contributed by atoms with Crippen LogP contribution in [0.1, 0.15) is 0 Å². The highest BCUT2D eigenvalue weighted by Crippen LogP contribution is 1.87. The number of nitrogens with two attached hydrogens (primary N) is 1. The molecule has 3 amide bonds. The second kappa shape index (κ2) is 8.16. The van der Waals surface area contributed by atoms with E-state index in [4.69, 9.17) is 15.2 Å². The molecule has 0 spiro atoms. The molecule has 88 valence electrons. The summed E-state index contributed by atoms with van der Waals surface area (Å²) in [6.45, 7) is 0.893. The Kier molecular flexibility index (Phi) is 7.51. The Balaban J connectivity index is 3.58. The summed E-state index contributed by atoms with van der Waals surface area (Å²) in [5.74, 6) is -0.477. The largest absolute Gasteiger partial charge is 0.382 e. The van der Waals surface area contributed by atoms with Crippen LogP contribution in [0.4, 0.5) is 4.79 Å². The molecule has 0 fully saturated rings. The molecular formula is C8H17N3O4. The number of carbonyl (C=O) groups is 2. The van der Waals surface area contributed by atoms with E-state index in [1.807, 2.05) is 5.32 Å². The van der Waals surface area contributed by atoms with E-state index in [1.165, 1.54) is 0 Å². The lowest BCUT2D eigenvalue weighted by Crippen LogP contribution is -2.42. The highest BCUT2D eigenvalue weighted by molar-refractivity contribution is 5.94. The van der Waals surface area contributed by atoms with Gasteiger partial charge in [-0.3, -0.25) is 10.1 Å². The van der Waals surface area contributed by atoms with Crippen molar-refractivity contribution in [2.75, 3.05) is 33.9 Å². The van der Waals surface area contributed by atoms with Crippen molar-refractivity contribution >= 4 is 11.9 Å². The molecular weight excluding hydrogens is 202 g/mol. The summed E-state index contributed by atoms with van der Waals surface area (Å²) in [5.41, 5.74) is 4.76. The summed E-state index contributed by atoms with van der Waals surface area (Å²) >= 11 is 0. The number of carbonyl (C=O) groups excluding carboxylic acids is 2. The third-order valence-electron chi connectivity index (χ3n) is 1.61. The molecule has 7 nitrogen and oxygen atoms in total. The van der Waals surface area contributed by atoms with Gasteiger partial charge in [0, 0.05) is 20.8 Å². The average molecular weight is 219 g/mol. The van der Waals surface area contributed by atoms with Crippen LogP contribution >= 0.6 is 0 Å². The van der Waals surface area contributed by atoms with Crippen molar-refractivity contribution in [1.82, 2.24) is 10.6 Å². The molecule has 1 unspecified atom stereocenters. The quantitative estimate of drug-likeness (QED) is 0.480. The minimum atomic E-state index is -0.859. The van der Waals surface area contributed by atoms with E-state index < -0.39 is 11.9 Å². The maximum absolute atomic E-state index is 10.9. The molecule has 7 heteroatoms. The van der Waals surface area contributed by atoms with Crippen molar-refractivity contribution in [3.05, 3.63) is 0 Å². The molecule has 4 N–H and O–H groups in total. The van der Waals surface area contributed by atoms with E-state index >= 15 is 0 Å². The van der Waals surface area contributed by atoms with Crippen LogP contribution in [0, 0.1) is 0 Å². The zero-order valence-corrected chi connectivity index (χ0v) is 8.91. The number of nitrogens with one attached hydrogen (secondary N) is 2. The van der Waals surface area contributed by atoms with E-state index in [9.17, 15) is 9.59 Å². The smallest absolute Gasteiger partial charge is 0.318 e. The number of imide groups is 1. The van der Waals surface area contributed by atoms with Gasteiger partial charge in [-0.25, -0.2) is 4.79 Å². The van der Waals surface area contributed by atoms with Crippen LogP contribution in [0.15, 0.2) is 0 Å². The number of hydrogen-bond donors (Lipinski definition) is 3. The number of methoxy groups -OCH3 is 2. The van der Waals surface area contributed by atoms with Crippen LogP contribution < -0.4 is 16.4 Å². The van der Waals surface area contributed by atoms with Crippen molar-refractivity contribution in [3.63, 3.8) is 0 Å². The highest BCUT2D eigenvalue weighted by Gasteiger charge is 2.08. The van der Waals surface area contributed by atoms with E-state index in [0.717, 1.165) is 0 Å². The third-order valence-corrected chi connectivity index (χ3v) is 1.61. The summed E-state index contributed by atoms with van der Waals surface area (Å²) in [4.78, 5) is 21.2. The van der Waals surface area contributed by atoms with Crippen molar-refractivity contribution in [2.45, 2.75) is 6.10 Å². The fourth-order valence-corrected chi connectivity index (χ4v) is 0.924. The second-order valence-corrected chi connectivity index (χ2v) is 2.86. The highest BCUT2D eigenvalue weighted by atomic mass is 16.5. The van der Waals surface area contributed by atoms with Crippen molar-refractivity contribution in [1.29, 1.82) is 0 Å². The molecule has 0 saturated carbocycles. The molecule has 0 bridgehead atoms. The first kappa shape index (κ1) is 13.8. The number of urea groups is 1. The standard InChI is InChI=1S/C8H17N3O4/c1-14-5-6(15-2)3-10-4-7(12)11-8(9)13/h6,10H,3-5H2,1-2H3,(H3,9,11,12,13). The summed E-state index contributed by atoms with van der Waals surface area (Å²) in [5, 5.41) is 4.73. The predicted octanol–water partition coefficient (Wildman–Crippen LogP) is -1.57. The van der Waals surface area contributed by atoms with Gasteiger partial charge in [0.25, 0.3) is 0 Å². The van der Waals surface area contributed by atoms with Gasteiger partial charge in [0.2, 0.25) is 5.91 Å². The van der Waals surface area contributed by atoms with E-state index in [1.54, 1.807) is 14.2 Å². The third kappa shape index (κ3) is 7.86. The first-order valence-electron chi connectivity index (χ1n) is 4.41. The zero-order valence-electron chi connectivity index (χ0n) is 8.91. The molecule has 0 aliphatic carbocycles. The monoisotopic (exact) mass is 219 g/mol. The molecule has 1 atom stereocenters. The first-order chi connectivity index (χ1) is 7.10. The molecule has 0 rings (SSSR count). The van der Waals surface area contributed by atoms with E-state index in [0.29, 0.717) is 13.2 Å². The second-order valence-electron chi connectivity index (χ2n) is 2.86. The lowest BCUT2D eigenvalue weighted by Gasteiger charge is -2.14. The maximum Gasteiger partial charge on any atom is 0.318 e. The molecule has 0 aliphatic heterocycles. The Bertz CT molecular complexity index is 210. The first-order valence-corrected chi connectivity index (χ1v) is 4.41. The minimum absolute atomic E-state index is 0.00646. The summed E-state index contributed by atoms with van der Waals surface area (Å²) in [6, 6.07) is -0.859. The number of rotatable bonds is 7. The topological polar surface area (TPSA) is 103 Å². The van der Waals surface area contributed by atoms with Crippen molar-refractivity contribution in [2.24, 2.45) is 5.73 Å². The molecule has 0 aromatic carbocycles. The zero-order chi connectivity index (χ0) is 11.7. The normalized spacial score (nSPS) is 12.1. The van der Waals surface area contributed by atoms with Gasteiger partial charge in [0.1, 0.15) is 0 Å². The van der Waals surface area contributed by atoms with E-state index in [-0.39, 0.29) is 12.6 Å². The fourth-order valence-electron chi connectivity index (χ4n) is 0.924. The van der Waals surface area contributed by atoms with Crippen LogP contribution in [0.5, 0.6) is 0 Å². The Morgan fingerprint density at radius 3 is 2.53 bits per heavy atom. The van der Waals surface area contributed by atoms with Gasteiger partial charge in [0.15, 0.2) is 0 Å². The summed E-state index contributed by atoms with van der Waals surface area (Å²) < 4.78 is 9.92. The van der Waals surface area contributed by atoms with Gasteiger partial charge in [-0.15, -0.1) is 0 Å². The Morgan fingerprint density at radius 2 is 2.07 bits per heavy atom.